The van der Waals surface area contributed by atoms with Crippen LogP contribution in [-0.2, 0) is 9.59 Å². The highest BCUT2D eigenvalue weighted by Crippen LogP contribution is 2.38. The summed E-state index contributed by atoms with van der Waals surface area (Å²) in [6.45, 7) is 4.93. The quantitative estimate of drug-likeness (QED) is 0.544. The molecule has 0 bridgehead atoms. The number of nitrogens with zero attached hydrogens (tertiary/aromatic N) is 3. The molecule has 0 atom stereocenters. The van der Waals surface area contributed by atoms with Gasteiger partial charge in [0.25, 0.3) is 11.8 Å². The normalized spacial score (nSPS) is 16.5. The maximum absolute atomic E-state index is 13.8. The van der Waals surface area contributed by atoms with Crippen LogP contribution in [0.1, 0.15) is 11.1 Å². The Labute approximate surface area is 199 Å². The van der Waals surface area contributed by atoms with E-state index < -0.39 is 0 Å². The van der Waals surface area contributed by atoms with Gasteiger partial charge in [-0.25, -0.2) is 4.90 Å². The first kappa shape index (κ1) is 21.8. The van der Waals surface area contributed by atoms with Gasteiger partial charge in [0, 0.05) is 31.9 Å². The summed E-state index contributed by atoms with van der Waals surface area (Å²) < 4.78 is 5.46. The zero-order valence-electron chi connectivity index (χ0n) is 19.4. The number of benzene rings is 3. The fraction of sp³-hybridized carbons (Fsp3) is 0.214. The Morgan fingerprint density at radius 2 is 1.41 bits per heavy atom. The van der Waals surface area contributed by atoms with E-state index in [4.69, 9.17) is 4.74 Å². The van der Waals surface area contributed by atoms with E-state index in [1.165, 1.54) is 16.2 Å². The van der Waals surface area contributed by atoms with Crippen LogP contribution in [0, 0.1) is 6.92 Å². The summed E-state index contributed by atoms with van der Waals surface area (Å²) in [4.78, 5) is 33.2. The maximum atomic E-state index is 13.8. The number of carbonyl (C=O) groups is 2. The average Bonchev–Trinajstić information content (AvgIpc) is 3.14. The Morgan fingerprint density at radius 1 is 0.735 bits per heavy atom. The molecule has 1 saturated heterocycles. The minimum absolute atomic E-state index is 0.308. The number of piperazine rings is 1. The van der Waals surface area contributed by atoms with E-state index in [9.17, 15) is 9.59 Å². The van der Waals surface area contributed by atoms with E-state index in [2.05, 4.69) is 41.0 Å². The number of methoxy groups -OCH3 is 1. The Balaban J connectivity index is 1.50. The number of ether oxygens (including phenoxy) is 1. The molecule has 0 saturated carbocycles. The molecule has 2 amide bonds. The van der Waals surface area contributed by atoms with Crippen LogP contribution in [0.3, 0.4) is 0 Å². The number of hydrogen-bond acceptors (Lipinski definition) is 5. The number of hydrogen-bond donors (Lipinski definition) is 0. The van der Waals surface area contributed by atoms with Crippen molar-refractivity contribution in [3.05, 3.63) is 95.7 Å². The van der Waals surface area contributed by atoms with Gasteiger partial charge in [0.1, 0.15) is 11.4 Å². The molecule has 0 N–H and O–H groups in total. The molecule has 2 heterocycles. The third kappa shape index (κ3) is 3.81. The van der Waals surface area contributed by atoms with Crippen LogP contribution in [0.2, 0.25) is 0 Å². The van der Waals surface area contributed by atoms with Gasteiger partial charge in [-0.2, -0.15) is 0 Å². The molecule has 0 spiro atoms. The number of rotatable bonds is 5. The molecule has 0 radical (unpaired) electrons. The standard InChI is InChI=1S/C28H27N3O3/c1-20-9-8-12-22(19-20)29-15-17-30(18-16-29)26-25(21-10-4-3-5-11-21)27(32)31(28(26)33)23-13-6-7-14-24(23)34-2/h3-14,19H,15-18H2,1-2H3. The lowest BCUT2D eigenvalue weighted by Gasteiger charge is -2.37. The molecule has 3 aromatic carbocycles. The van der Waals surface area contributed by atoms with Gasteiger partial charge >= 0.3 is 0 Å². The van der Waals surface area contributed by atoms with Crippen molar-refractivity contribution in [2.24, 2.45) is 0 Å². The number of amides is 2. The van der Waals surface area contributed by atoms with Crippen LogP contribution in [0.4, 0.5) is 11.4 Å². The van der Waals surface area contributed by atoms with Crippen molar-refractivity contribution in [1.82, 2.24) is 4.90 Å². The number of anilines is 2. The second kappa shape index (κ2) is 9.06. The summed E-state index contributed by atoms with van der Waals surface area (Å²) in [6, 6.07) is 25.0. The first-order chi connectivity index (χ1) is 16.6. The van der Waals surface area contributed by atoms with Gasteiger partial charge in [0.05, 0.1) is 18.4 Å². The first-order valence-electron chi connectivity index (χ1n) is 11.5. The molecule has 3 aromatic rings. The Kier molecular flexibility index (Phi) is 5.80. The molecule has 0 aliphatic carbocycles. The summed E-state index contributed by atoms with van der Waals surface area (Å²) >= 11 is 0. The van der Waals surface area contributed by atoms with Crippen molar-refractivity contribution < 1.29 is 14.3 Å². The molecule has 6 heteroatoms. The lowest BCUT2D eigenvalue weighted by atomic mass is 10.0. The number of para-hydroxylation sites is 2. The zero-order chi connectivity index (χ0) is 23.7. The molecule has 0 aromatic heterocycles. The van der Waals surface area contributed by atoms with Crippen LogP contribution in [0.15, 0.2) is 84.6 Å². The van der Waals surface area contributed by atoms with E-state index >= 15 is 0 Å². The van der Waals surface area contributed by atoms with Gasteiger partial charge in [0.15, 0.2) is 0 Å². The number of aryl methyl sites for hydroxylation is 1. The maximum Gasteiger partial charge on any atom is 0.282 e. The van der Waals surface area contributed by atoms with Crippen LogP contribution in [0.5, 0.6) is 5.75 Å². The van der Waals surface area contributed by atoms with Crippen molar-refractivity contribution in [3.63, 3.8) is 0 Å². The van der Waals surface area contributed by atoms with Gasteiger partial charge in [0.2, 0.25) is 0 Å². The Hall–Kier alpha value is -4.06. The van der Waals surface area contributed by atoms with Crippen LogP contribution < -0.4 is 14.5 Å². The summed E-state index contributed by atoms with van der Waals surface area (Å²) in [5.74, 6) is -0.142. The molecule has 2 aliphatic rings. The molecular formula is C28H27N3O3. The fourth-order valence-electron chi connectivity index (χ4n) is 4.72. The molecule has 6 nitrogen and oxygen atoms in total. The van der Waals surface area contributed by atoms with Crippen molar-refractivity contribution in [2.45, 2.75) is 6.92 Å². The Bertz CT molecular complexity index is 1260. The molecule has 1 fully saturated rings. The summed E-state index contributed by atoms with van der Waals surface area (Å²) in [7, 11) is 1.54. The van der Waals surface area contributed by atoms with Crippen molar-refractivity contribution in [3.8, 4) is 5.75 Å². The van der Waals surface area contributed by atoms with E-state index in [0.717, 1.165) is 18.7 Å². The van der Waals surface area contributed by atoms with Gasteiger partial charge < -0.3 is 14.5 Å². The molecule has 2 aliphatic heterocycles. The van der Waals surface area contributed by atoms with E-state index in [0.29, 0.717) is 35.8 Å². The van der Waals surface area contributed by atoms with E-state index in [1.54, 1.807) is 25.3 Å². The average molecular weight is 454 g/mol. The number of imide groups is 1. The third-order valence-electron chi connectivity index (χ3n) is 6.41. The molecule has 5 rings (SSSR count). The molecule has 0 unspecified atom stereocenters. The predicted octanol–water partition coefficient (Wildman–Crippen LogP) is 4.11. The molecule has 34 heavy (non-hydrogen) atoms. The van der Waals surface area contributed by atoms with Crippen LogP contribution >= 0.6 is 0 Å². The summed E-state index contributed by atoms with van der Waals surface area (Å²) in [6.07, 6.45) is 0. The topological polar surface area (TPSA) is 53.1 Å². The van der Waals surface area contributed by atoms with E-state index in [1.807, 2.05) is 36.4 Å². The van der Waals surface area contributed by atoms with Gasteiger partial charge in [-0.3, -0.25) is 9.59 Å². The van der Waals surface area contributed by atoms with Crippen molar-refractivity contribution in [1.29, 1.82) is 0 Å². The lowest BCUT2D eigenvalue weighted by molar-refractivity contribution is -0.120. The van der Waals surface area contributed by atoms with Crippen molar-refractivity contribution in [2.75, 3.05) is 43.1 Å². The number of carbonyl (C=O) groups excluding carboxylic acids is 2. The van der Waals surface area contributed by atoms with E-state index in [-0.39, 0.29) is 11.8 Å². The molecule has 172 valence electrons. The SMILES string of the molecule is COc1ccccc1N1C(=O)C(c2ccccc2)=C(N2CCN(c3cccc(C)c3)CC2)C1=O. The summed E-state index contributed by atoms with van der Waals surface area (Å²) in [5, 5.41) is 0. The van der Waals surface area contributed by atoms with Crippen molar-refractivity contribution >= 4 is 28.8 Å². The lowest BCUT2D eigenvalue weighted by Crippen LogP contribution is -2.47. The van der Waals surface area contributed by atoms with Crippen LogP contribution in [0.25, 0.3) is 5.57 Å². The first-order valence-corrected chi connectivity index (χ1v) is 11.5. The molecular weight excluding hydrogens is 426 g/mol. The predicted molar refractivity (Wildman–Crippen MR) is 134 cm³/mol. The van der Waals surface area contributed by atoms with Gasteiger partial charge in [-0.05, 0) is 42.3 Å². The Morgan fingerprint density at radius 3 is 2.12 bits per heavy atom. The highest BCUT2D eigenvalue weighted by Gasteiger charge is 2.43. The second-order valence-corrected chi connectivity index (χ2v) is 8.52. The zero-order valence-corrected chi connectivity index (χ0v) is 19.4. The largest absolute Gasteiger partial charge is 0.495 e. The smallest absolute Gasteiger partial charge is 0.282 e. The summed E-state index contributed by atoms with van der Waals surface area (Å²) in [5.41, 5.74) is 4.52. The minimum atomic E-state index is -0.322. The third-order valence-corrected chi connectivity index (χ3v) is 6.41. The highest BCUT2D eigenvalue weighted by atomic mass is 16.5. The van der Waals surface area contributed by atoms with Gasteiger partial charge in [-0.15, -0.1) is 0 Å². The minimum Gasteiger partial charge on any atom is -0.495 e. The highest BCUT2D eigenvalue weighted by molar-refractivity contribution is 6.45. The monoisotopic (exact) mass is 453 g/mol. The second-order valence-electron chi connectivity index (χ2n) is 8.52. The van der Waals surface area contributed by atoms with Gasteiger partial charge in [-0.1, -0.05) is 54.6 Å². The fourth-order valence-corrected chi connectivity index (χ4v) is 4.72. The van der Waals surface area contributed by atoms with Crippen LogP contribution in [-0.4, -0.2) is 50.0 Å².